The zero-order valence-corrected chi connectivity index (χ0v) is 12.9. The lowest BCUT2D eigenvalue weighted by Crippen LogP contribution is -2.31. The predicted molar refractivity (Wildman–Crippen MR) is 87.0 cm³/mol. The van der Waals surface area contributed by atoms with Gasteiger partial charge in [-0.05, 0) is 48.9 Å². The lowest BCUT2D eigenvalue weighted by Gasteiger charge is -2.21. The Balaban J connectivity index is 1.70. The minimum Gasteiger partial charge on any atom is -0.505 e. The van der Waals surface area contributed by atoms with Gasteiger partial charge in [0.15, 0.2) is 11.6 Å². The highest BCUT2D eigenvalue weighted by Gasteiger charge is 2.23. The Morgan fingerprint density at radius 1 is 1.09 bits per heavy atom. The Bertz CT molecular complexity index is 687. The van der Waals surface area contributed by atoms with Crippen molar-refractivity contribution in [3.05, 3.63) is 65.5 Å². The summed E-state index contributed by atoms with van der Waals surface area (Å²) >= 11 is 0. The molecule has 1 unspecified atom stereocenters. The minimum absolute atomic E-state index is 0.144. The molecule has 0 saturated carbocycles. The van der Waals surface area contributed by atoms with Crippen molar-refractivity contribution >= 4 is 5.91 Å². The summed E-state index contributed by atoms with van der Waals surface area (Å²) in [5.41, 5.74) is 1.66. The first-order valence-electron chi connectivity index (χ1n) is 7.98. The van der Waals surface area contributed by atoms with Gasteiger partial charge in [-0.25, -0.2) is 4.39 Å². The van der Waals surface area contributed by atoms with Crippen LogP contribution in [-0.4, -0.2) is 29.0 Å². The number of amides is 1. The van der Waals surface area contributed by atoms with Gasteiger partial charge in [0, 0.05) is 18.7 Å². The molecule has 0 aromatic heterocycles. The second kappa shape index (κ2) is 6.82. The maximum absolute atomic E-state index is 13.1. The average molecular weight is 313 g/mol. The van der Waals surface area contributed by atoms with Gasteiger partial charge in [0.1, 0.15) is 0 Å². The van der Waals surface area contributed by atoms with Crippen molar-refractivity contribution in [2.75, 3.05) is 13.1 Å². The second-order valence-electron chi connectivity index (χ2n) is 6.00. The fourth-order valence-electron chi connectivity index (χ4n) is 3.19. The van der Waals surface area contributed by atoms with Gasteiger partial charge in [0.2, 0.25) is 0 Å². The van der Waals surface area contributed by atoms with Crippen molar-refractivity contribution in [3.63, 3.8) is 0 Å². The van der Waals surface area contributed by atoms with Crippen LogP contribution in [-0.2, 0) is 0 Å². The molecule has 3 nitrogen and oxygen atoms in total. The van der Waals surface area contributed by atoms with E-state index in [9.17, 15) is 14.3 Å². The number of carbonyl (C=O) groups excluding carboxylic acids is 1. The maximum Gasteiger partial charge on any atom is 0.253 e. The smallest absolute Gasteiger partial charge is 0.253 e. The average Bonchev–Trinajstić information content (AvgIpc) is 2.83. The molecular weight excluding hydrogens is 293 g/mol. The quantitative estimate of drug-likeness (QED) is 0.912. The van der Waals surface area contributed by atoms with E-state index < -0.39 is 11.6 Å². The molecule has 0 bridgehead atoms. The van der Waals surface area contributed by atoms with Crippen LogP contribution in [0.25, 0.3) is 0 Å². The molecule has 1 fully saturated rings. The number of rotatable bonds is 2. The molecule has 1 aliphatic rings. The van der Waals surface area contributed by atoms with E-state index in [4.69, 9.17) is 0 Å². The molecule has 0 spiro atoms. The fraction of sp³-hybridized carbons (Fsp3) is 0.316. The van der Waals surface area contributed by atoms with E-state index in [-0.39, 0.29) is 5.91 Å². The van der Waals surface area contributed by atoms with E-state index in [0.29, 0.717) is 24.6 Å². The summed E-state index contributed by atoms with van der Waals surface area (Å²) < 4.78 is 13.1. The van der Waals surface area contributed by atoms with E-state index in [2.05, 4.69) is 12.1 Å². The van der Waals surface area contributed by atoms with Crippen LogP contribution in [0.5, 0.6) is 5.75 Å². The van der Waals surface area contributed by atoms with Gasteiger partial charge < -0.3 is 10.0 Å². The highest BCUT2D eigenvalue weighted by atomic mass is 19.1. The number of phenols is 1. The number of likely N-dealkylation sites (tertiary alicyclic amines) is 1. The highest BCUT2D eigenvalue weighted by Crippen LogP contribution is 2.28. The van der Waals surface area contributed by atoms with Gasteiger partial charge in [0.05, 0.1) is 0 Å². The number of phenolic OH excluding ortho intramolecular Hbond substituents is 1. The molecule has 4 heteroatoms. The molecule has 23 heavy (non-hydrogen) atoms. The summed E-state index contributed by atoms with van der Waals surface area (Å²) in [5.74, 6) is -0.862. The summed E-state index contributed by atoms with van der Waals surface area (Å²) in [4.78, 5) is 14.4. The van der Waals surface area contributed by atoms with Gasteiger partial charge in [-0.15, -0.1) is 0 Å². The lowest BCUT2D eigenvalue weighted by atomic mass is 9.92. The van der Waals surface area contributed by atoms with Gasteiger partial charge >= 0.3 is 0 Å². The SMILES string of the molecule is O=C(c1ccc(F)c(O)c1)N1CCCC(c2ccccc2)CC1. The van der Waals surface area contributed by atoms with Gasteiger partial charge in [-0.2, -0.15) is 0 Å². The Morgan fingerprint density at radius 2 is 1.87 bits per heavy atom. The number of halogens is 1. The van der Waals surface area contributed by atoms with Gasteiger partial charge in [0.25, 0.3) is 5.91 Å². The third-order valence-electron chi connectivity index (χ3n) is 4.48. The minimum atomic E-state index is -0.707. The molecule has 3 rings (SSSR count). The normalized spacial score (nSPS) is 18.5. The van der Waals surface area contributed by atoms with Crippen molar-refractivity contribution in [2.45, 2.75) is 25.2 Å². The second-order valence-corrected chi connectivity index (χ2v) is 6.00. The number of benzene rings is 2. The molecule has 1 amide bonds. The molecule has 1 heterocycles. The highest BCUT2D eigenvalue weighted by molar-refractivity contribution is 5.94. The molecule has 120 valence electrons. The predicted octanol–water partition coefficient (Wildman–Crippen LogP) is 3.94. The van der Waals surface area contributed by atoms with E-state index in [1.165, 1.54) is 17.7 Å². The Hall–Kier alpha value is -2.36. The van der Waals surface area contributed by atoms with Crippen LogP contribution in [0.4, 0.5) is 4.39 Å². The molecule has 2 aromatic carbocycles. The number of carbonyl (C=O) groups is 1. The van der Waals surface area contributed by atoms with E-state index in [1.54, 1.807) is 4.90 Å². The third kappa shape index (κ3) is 3.52. The standard InChI is InChI=1S/C19H20FNO2/c20-17-9-8-16(13-18(17)22)19(23)21-11-4-7-15(10-12-21)14-5-2-1-3-6-14/h1-3,5-6,8-9,13,15,22H,4,7,10-12H2. The van der Waals surface area contributed by atoms with Crippen LogP contribution >= 0.6 is 0 Å². The molecule has 1 aliphatic heterocycles. The van der Waals surface area contributed by atoms with Crippen LogP contribution in [0.2, 0.25) is 0 Å². The Morgan fingerprint density at radius 3 is 2.61 bits per heavy atom. The number of nitrogens with zero attached hydrogens (tertiary/aromatic N) is 1. The van der Waals surface area contributed by atoms with Crippen LogP contribution in [0.1, 0.15) is 41.1 Å². The molecule has 2 aromatic rings. The first kappa shape index (κ1) is 15.5. The van der Waals surface area contributed by atoms with Crippen LogP contribution in [0.3, 0.4) is 0 Å². The third-order valence-corrected chi connectivity index (χ3v) is 4.48. The largest absolute Gasteiger partial charge is 0.505 e. The van der Waals surface area contributed by atoms with E-state index >= 15 is 0 Å². The van der Waals surface area contributed by atoms with Crippen molar-refractivity contribution in [3.8, 4) is 5.75 Å². The summed E-state index contributed by atoms with van der Waals surface area (Å²) in [7, 11) is 0. The molecule has 1 N–H and O–H groups in total. The summed E-state index contributed by atoms with van der Waals surface area (Å²) in [6, 6.07) is 14.1. The van der Waals surface area contributed by atoms with Crippen molar-refractivity contribution in [1.82, 2.24) is 4.90 Å². The maximum atomic E-state index is 13.1. The summed E-state index contributed by atoms with van der Waals surface area (Å²) in [6.45, 7) is 1.37. The fourth-order valence-corrected chi connectivity index (χ4v) is 3.19. The van der Waals surface area contributed by atoms with Crippen LogP contribution < -0.4 is 0 Å². The van der Waals surface area contributed by atoms with Crippen molar-refractivity contribution in [2.24, 2.45) is 0 Å². The van der Waals surface area contributed by atoms with Crippen LogP contribution in [0.15, 0.2) is 48.5 Å². The molecule has 1 atom stereocenters. The van der Waals surface area contributed by atoms with Gasteiger partial charge in [-0.3, -0.25) is 4.79 Å². The van der Waals surface area contributed by atoms with Crippen molar-refractivity contribution in [1.29, 1.82) is 0 Å². The molecule has 0 radical (unpaired) electrons. The van der Waals surface area contributed by atoms with E-state index in [1.807, 2.05) is 18.2 Å². The Labute approximate surface area is 135 Å². The first-order chi connectivity index (χ1) is 11.1. The summed E-state index contributed by atoms with van der Waals surface area (Å²) in [5, 5.41) is 9.45. The van der Waals surface area contributed by atoms with Gasteiger partial charge in [-0.1, -0.05) is 30.3 Å². The van der Waals surface area contributed by atoms with Crippen molar-refractivity contribution < 1.29 is 14.3 Å². The molecule has 1 saturated heterocycles. The number of aromatic hydroxyl groups is 1. The topological polar surface area (TPSA) is 40.5 Å². The number of hydrogen-bond acceptors (Lipinski definition) is 2. The zero-order chi connectivity index (χ0) is 16.2. The monoisotopic (exact) mass is 313 g/mol. The lowest BCUT2D eigenvalue weighted by molar-refractivity contribution is 0.0760. The van der Waals surface area contributed by atoms with Crippen LogP contribution in [0, 0.1) is 5.82 Å². The zero-order valence-electron chi connectivity index (χ0n) is 12.9. The summed E-state index contributed by atoms with van der Waals surface area (Å²) in [6.07, 6.45) is 2.92. The number of hydrogen-bond donors (Lipinski definition) is 1. The van der Waals surface area contributed by atoms with E-state index in [0.717, 1.165) is 25.3 Å². The molecule has 0 aliphatic carbocycles. The molecular formula is C19H20FNO2. The first-order valence-corrected chi connectivity index (χ1v) is 7.98. The Kier molecular flexibility index (Phi) is 4.60.